The second kappa shape index (κ2) is 4.00. The third-order valence-electron chi connectivity index (χ3n) is 1.14. The molecule has 0 aliphatic rings. The number of rotatable bonds is 4. The van der Waals surface area contributed by atoms with Gasteiger partial charge in [-0.15, -0.1) is 5.10 Å². The van der Waals surface area contributed by atoms with E-state index in [2.05, 4.69) is 10.3 Å². The fourth-order valence-electron chi connectivity index (χ4n) is 0.654. The molecule has 0 aliphatic heterocycles. The number of nitrogens with zero attached hydrogens (tertiary/aromatic N) is 3. The van der Waals surface area contributed by atoms with E-state index in [0.29, 0.717) is 6.61 Å². The normalized spacial score (nSPS) is 10.1. The summed E-state index contributed by atoms with van der Waals surface area (Å²) in [5, 5.41) is 7.43. The van der Waals surface area contributed by atoms with Crippen molar-refractivity contribution in [2.45, 2.75) is 13.5 Å². The first kappa shape index (κ1) is 7.21. The van der Waals surface area contributed by atoms with Gasteiger partial charge in [-0.3, -0.25) is 4.68 Å². The van der Waals surface area contributed by atoms with Gasteiger partial charge < -0.3 is 4.74 Å². The maximum absolute atomic E-state index is 5.12. The van der Waals surface area contributed by atoms with Crippen LogP contribution in [0.1, 0.15) is 6.92 Å². The summed E-state index contributed by atoms with van der Waals surface area (Å²) in [6.07, 6.45) is 3.48. The molecule has 0 N–H and O–H groups in total. The highest BCUT2D eigenvalue weighted by Crippen LogP contribution is 1.81. The van der Waals surface area contributed by atoms with E-state index in [-0.39, 0.29) is 0 Å². The van der Waals surface area contributed by atoms with E-state index in [1.165, 1.54) is 0 Å². The minimum Gasteiger partial charge on any atom is -0.380 e. The summed E-state index contributed by atoms with van der Waals surface area (Å²) in [6.45, 7) is 4.23. The molecule has 4 nitrogen and oxygen atoms in total. The summed E-state index contributed by atoms with van der Waals surface area (Å²) in [7, 11) is 0. The van der Waals surface area contributed by atoms with Gasteiger partial charge in [0.05, 0.1) is 19.3 Å². The van der Waals surface area contributed by atoms with Gasteiger partial charge in [0.25, 0.3) is 0 Å². The molecule has 0 amide bonds. The van der Waals surface area contributed by atoms with Crippen LogP contribution in [0.3, 0.4) is 0 Å². The van der Waals surface area contributed by atoms with E-state index in [1.807, 2.05) is 13.1 Å². The van der Waals surface area contributed by atoms with Crippen LogP contribution in [0.2, 0.25) is 0 Å². The number of aromatic nitrogens is 3. The van der Waals surface area contributed by atoms with Crippen molar-refractivity contribution in [2.24, 2.45) is 0 Å². The molecule has 0 radical (unpaired) electrons. The van der Waals surface area contributed by atoms with E-state index in [0.717, 1.165) is 13.2 Å². The Morgan fingerprint density at radius 2 is 2.50 bits per heavy atom. The molecule has 0 spiro atoms. The average molecular weight is 141 g/mol. The fraction of sp³-hybridized carbons (Fsp3) is 0.667. The first-order chi connectivity index (χ1) is 4.93. The van der Waals surface area contributed by atoms with Crippen LogP contribution < -0.4 is 0 Å². The summed E-state index contributed by atoms with van der Waals surface area (Å²) < 4.78 is 6.86. The van der Waals surface area contributed by atoms with Crippen molar-refractivity contribution in [1.82, 2.24) is 15.0 Å². The van der Waals surface area contributed by atoms with Crippen molar-refractivity contribution in [3.63, 3.8) is 0 Å². The quantitative estimate of drug-likeness (QED) is 0.567. The number of hydrogen-bond donors (Lipinski definition) is 0. The number of ether oxygens (including phenoxy) is 1. The fourth-order valence-corrected chi connectivity index (χ4v) is 0.654. The van der Waals surface area contributed by atoms with Crippen LogP contribution in [-0.4, -0.2) is 28.2 Å². The van der Waals surface area contributed by atoms with Gasteiger partial charge in [0.15, 0.2) is 0 Å². The van der Waals surface area contributed by atoms with E-state index < -0.39 is 0 Å². The molecule has 1 rings (SSSR count). The predicted octanol–water partition coefficient (Wildman–Crippen LogP) is 0.315. The minimum absolute atomic E-state index is 0.708. The van der Waals surface area contributed by atoms with Crippen molar-refractivity contribution >= 4 is 0 Å². The van der Waals surface area contributed by atoms with Crippen molar-refractivity contribution in [1.29, 1.82) is 0 Å². The zero-order chi connectivity index (χ0) is 7.23. The average Bonchev–Trinajstić information content (AvgIpc) is 2.41. The Morgan fingerprint density at radius 3 is 3.10 bits per heavy atom. The molecule has 0 saturated carbocycles. The van der Waals surface area contributed by atoms with Crippen LogP contribution in [-0.2, 0) is 11.3 Å². The first-order valence-electron chi connectivity index (χ1n) is 3.35. The van der Waals surface area contributed by atoms with Gasteiger partial charge >= 0.3 is 0 Å². The summed E-state index contributed by atoms with van der Waals surface area (Å²) in [4.78, 5) is 0. The molecule has 0 fully saturated rings. The molecule has 1 aromatic heterocycles. The van der Waals surface area contributed by atoms with Crippen LogP contribution in [0.15, 0.2) is 12.4 Å². The highest BCUT2D eigenvalue weighted by molar-refractivity contribution is 4.63. The maximum Gasteiger partial charge on any atom is 0.0692 e. The Kier molecular flexibility index (Phi) is 2.89. The summed E-state index contributed by atoms with van der Waals surface area (Å²) in [5.41, 5.74) is 0. The lowest BCUT2D eigenvalue weighted by Crippen LogP contribution is -2.06. The van der Waals surface area contributed by atoms with Crippen LogP contribution >= 0.6 is 0 Å². The molecule has 0 atom stereocenters. The second-order valence-electron chi connectivity index (χ2n) is 1.86. The van der Waals surface area contributed by atoms with Crippen LogP contribution in [0.25, 0.3) is 0 Å². The molecule has 0 bridgehead atoms. The monoisotopic (exact) mass is 141 g/mol. The Bertz CT molecular complexity index is 162. The molecule has 4 heteroatoms. The summed E-state index contributed by atoms with van der Waals surface area (Å²) >= 11 is 0. The van der Waals surface area contributed by atoms with Gasteiger partial charge in [-0.05, 0) is 6.92 Å². The van der Waals surface area contributed by atoms with Crippen molar-refractivity contribution in [3.05, 3.63) is 12.4 Å². The van der Waals surface area contributed by atoms with Gasteiger partial charge in [-0.1, -0.05) is 5.21 Å². The van der Waals surface area contributed by atoms with E-state index in [1.54, 1.807) is 10.9 Å². The third-order valence-corrected chi connectivity index (χ3v) is 1.14. The topological polar surface area (TPSA) is 39.9 Å². The molecular formula is C6H11N3O. The minimum atomic E-state index is 0.708. The van der Waals surface area contributed by atoms with E-state index in [9.17, 15) is 0 Å². The van der Waals surface area contributed by atoms with Crippen LogP contribution in [0, 0.1) is 0 Å². The zero-order valence-corrected chi connectivity index (χ0v) is 6.03. The van der Waals surface area contributed by atoms with E-state index >= 15 is 0 Å². The Hall–Kier alpha value is -0.900. The number of hydrogen-bond acceptors (Lipinski definition) is 3. The maximum atomic E-state index is 5.12. The lowest BCUT2D eigenvalue weighted by atomic mass is 10.7. The standard InChI is InChI=1S/C6H11N3O/c1-2-10-6-5-9-4-3-7-8-9/h3-4H,2,5-6H2,1H3. The summed E-state index contributed by atoms with van der Waals surface area (Å²) in [5.74, 6) is 0. The van der Waals surface area contributed by atoms with Gasteiger partial charge in [0.1, 0.15) is 0 Å². The molecule has 0 aromatic carbocycles. The smallest absolute Gasteiger partial charge is 0.0692 e. The lowest BCUT2D eigenvalue weighted by Gasteiger charge is -1.98. The Labute approximate surface area is 59.8 Å². The Morgan fingerprint density at radius 1 is 1.60 bits per heavy atom. The van der Waals surface area contributed by atoms with Crippen molar-refractivity contribution in [3.8, 4) is 0 Å². The molecule has 0 unspecified atom stereocenters. The van der Waals surface area contributed by atoms with Gasteiger partial charge in [-0.25, -0.2) is 0 Å². The molecule has 0 aliphatic carbocycles. The highest BCUT2D eigenvalue weighted by Gasteiger charge is 1.88. The van der Waals surface area contributed by atoms with E-state index in [4.69, 9.17) is 4.74 Å². The SMILES string of the molecule is CCOCCn1ccnn1. The molecule has 10 heavy (non-hydrogen) atoms. The molecule has 1 aromatic rings. The molecule has 0 saturated heterocycles. The molecule has 56 valence electrons. The van der Waals surface area contributed by atoms with Crippen molar-refractivity contribution < 1.29 is 4.74 Å². The first-order valence-corrected chi connectivity index (χ1v) is 3.35. The zero-order valence-electron chi connectivity index (χ0n) is 6.03. The largest absolute Gasteiger partial charge is 0.380 e. The Balaban J connectivity index is 2.15. The lowest BCUT2D eigenvalue weighted by molar-refractivity contribution is 0.136. The third kappa shape index (κ3) is 2.14. The second-order valence-corrected chi connectivity index (χ2v) is 1.86. The van der Waals surface area contributed by atoms with Crippen LogP contribution in [0.5, 0.6) is 0 Å². The van der Waals surface area contributed by atoms with Crippen molar-refractivity contribution in [2.75, 3.05) is 13.2 Å². The highest BCUT2D eigenvalue weighted by atomic mass is 16.5. The van der Waals surface area contributed by atoms with Gasteiger partial charge in [0, 0.05) is 12.8 Å². The predicted molar refractivity (Wildman–Crippen MR) is 36.5 cm³/mol. The van der Waals surface area contributed by atoms with Gasteiger partial charge in [-0.2, -0.15) is 0 Å². The van der Waals surface area contributed by atoms with Crippen LogP contribution in [0.4, 0.5) is 0 Å². The molecule has 1 heterocycles. The summed E-state index contributed by atoms with van der Waals surface area (Å²) in [6, 6.07) is 0. The van der Waals surface area contributed by atoms with Gasteiger partial charge in [0.2, 0.25) is 0 Å². The molecular weight excluding hydrogens is 130 g/mol.